The van der Waals surface area contributed by atoms with Gasteiger partial charge in [-0.2, -0.15) is 0 Å². The number of ether oxygens (including phenoxy) is 2. The van der Waals surface area contributed by atoms with Gasteiger partial charge in [0.05, 0.1) is 22.7 Å². The molecule has 198 valence electrons. The molecule has 0 saturated heterocycles. The Bertz CT molecular complexity index is 1560. The molecule has 0 fully saturated rings. The number of anilines is 1. The third kappa shape index (κ3) is 5.32. The summed E-state index contributed by atoms with van der Waals surface area (Å²) in [5.41, 5.74) is 1.07. The van der Waals surface area contributed by atoms with Crippen LogP contribution in [-0.4, -0.2) is 57.7 Å². The number of rotatable bonds is 9. The summed E-state index contributed by atoms with van der Waals surface area (Å²) in [5.74, 6) is -0.0604. The Balaban J connectivity index is 1.84. The van der Waals surface area contributed by atoms with Crippen LogP contribution in [0.2, 0.25) is 10.0 Å². The van der Waals surface area contributed by atoms with Crippen molar-refractivity contribution in [3.05, 3.63) is 70.2 Å². The fourth-order valence-electron chi connectivity index (χ4n) is 3.63. The lowest BCUT2D eigenvalue weighted by atomic mass is 10.2. The van der Waals surface area contributed by atoms with E-state index in [0.29, 0.717) is 0 Å². The predicted molar refractivity (Wildman–Crippen MR) is 141 cm³/mol. The summed E-state index contributed by atoms with van der Waals surface area (Å²) in [5, 5.41) is 18.1. The first-order valence-corrected chi connectivity index (χ1v) is 13.3. The molecule has 2 atom stereocenters. The largest absolute Gasteiger partial charge is 0.506 e. The Kier molecular flexibility index (Phi) is 7.94. The molecule has 0 unspecified atom stereocenters. The van der Waals surface area contributed by atoms with Crippen molar-refractivity contribution in [2.45, 2.75) is 25.2 Å². The van der Waals surface area contributed by atoms with Crippen molar-refractivity contribution >= 4 is 39.2 Å². The highest BCUT2D eigenvalue weighted by atomic mass is 35.5. The Labute approximate surface area is 229 Å². The maximum absolute atomic E-state index is 13.5. The molecule has 2 N–H and O–H groups in total. The van der Waals surface area contributed by atoms with E-state index in [-0.39, 0.29) is 50.4 Å². The first-order valence-electron chi connectivity index (χ1n) is 11.0. The molecule has 0 aliphatic carbocycles. The Morgan fingerprint density at radius 1 is 1.13 bits per heavy atom. The number of sulfonamides is 1. The molecule has 4 rings (SSSR count). The molecule has 14 heteroatoms. The van der Waals surface area contributed by atoms with Gasteiger partial charge in [0.15, 0.2) is 11.6 Å². The summed E-state index contributed by atoms with van der Waals surface area (Å²) in [7, 11) is -1.44. The fraction of sp³-hybridized carbons (Fsp3) is 0.250. The lowest BCUT2D eigenvalue weighted by Gasteiger charge is -2.22. The molecule has 11 nitrogen and oxygen atoms in total. The van der Waals surface area contributed by atoms with Crippen LogP contribution in [0.4, 0.5) is 5.95 Å². The number of nitrogens with zero attached hydrogens (tertiary/aromatic N) is 5. The maximum atomic E-state index is 13.5. The van der Waals surface area contributed by atoms with E-state index in [2.05, 4.69) is 37.0 Å². The topological polar surface area (TPSA) is 141 Å². The number of para-hydroxylation sites is 1. The zero-order valence-electron chi connectivity index (χ0n) is 20.6. The van der Waals surface area contributed by atoms with Gasteiger partial charge in [0.25, 0.3) is 0 Å². The number of benzene rings is 1. The van der Waals surface area contributed by atoms with Gasteiger partial charge in [0.1, 0.15) is 28.5 Å². The second-order valence-electron chi connectivity index (χ2n) is 8.10. The van der Waals surface area contributed by atoms with Crippen LogP contribution < -0.4 is 9.46 Å². The summed E-state index contributed by atoms with van der Waals surface area (Å²) in [6.45, 7) is 3.26. The molecule has 4 aromatic rings. The summed E-state index contributed by atoms with van der Waals surface area (Å²) < 4.78 is 41.7. The van der Waals surface area contributed by atoms with Crippen molar-refractivity contribution in [3.63, 3.8) is 0 Å². The minimum atomic E-state index is -4.20. The van der Waals surface area contributed by atoms with Gasteiger partial charge in [0.2, 0.25) is 16.0 Å². The lowest BCUT2D eigenvalue weighted by Crippen LogP contribution is -2.33. The van der Waals surface area contributed by atoms with Crippen molar-refractivity contribution in [2.75, 3.05) is 18.9 Å². The molecule has 0 spiro atoms. The number of aryl methyl sites for hydroxylation is 1. The van der Waals surface area contributed by atoms with E-state index < -0.39 is 21.4 Å². The highest BCUT2D eigenvalue weighted by Crippen LogP contribution is 2.38. The van der Waals surface area contributed by atoms with Crippen LogP contribution in [0.5, 0.6) is 11.5 Å². The fourth-order valence-corrected chi connectivity index (χ4v) is 5.21. The quantitative estimate of drug-likeness (QED) is 0.300. The highest BCUT2D eigenvalue weighted by Gasteiger charge is 2.35. The molecule has 0 aliphatic heterocycles. The van der Waals surface area contributed by atoms with Gasteiger partial charge in [0, 0.05) is 19.5 Å². The average Bonchev–Trinajstić information content (AvgIpc) is 3.27. The minimum absolute atomic E-state index is 0.0400. The van der Waals surface area contributed by atoms with Gasteiger partial charge in [-0.3, -0.25) is 9.29 Å². The van der Waals surface area contributed by atoms with Gasteiger partial charge in [-0.15, -0.1) is 10.2 Å². The Morgan fingerprint density at radius 2 is 1.84 bits per heavy atom. The third-order valence-electron chi connectivity index (χ3n) is 5.57. The normalized spacial score (nSPS) is 13.0. The van der Waals surface area contributed by atoms with Crippen LogP contribution in [0.25, 0.3) is 17.1 Å². The van der Waals surface area contributed by atoms with Gasteiger partial charge in [-0.1, -0.05) is 35.3 Å². The summed E-state index contributed by atoms with van der Waals surface area (Å²) >= 11 is 12.4. The molecule has 2 aromatic heterocycles. The van der Waals surface area contributed by atoms with Gasteiger partial charge in [-0.05, 0) is 43.7 Å². The second-order valence-corrected chi connectivity index (χ2v) is 11.0. The third-order valence-corrected chi connectivity index (χ3v) is 7.76. The minimum Gasteiger partial charge on any atom is -0.506 e. The summed E-state index contributed by atoms with van der Waals surface area (Å²) in [6, 6.07) is 11.5. The lowest BCUT2D eigenvalue weighted by molar-refractivity contribution is 0.0949. The van der Waals surface area contributed by atoms with Crippen LogP contribution in [0, 0.1) is 19.1 Å². The Morgan fingerprint density at radius 3 is 2.47 bits per heavy atom. The van der Waals surface area contributed by atoms with E-state index in [1.807, 2.05) is 6.92 Å². The predicted octanol–water partition coefficient (Wildman–Crippen LogP) is 4.17. The van der Waals surface area contributed by atoms with Gasteiger partial charge in [-0.25, -0.2) is 18.4 Å². The van der Waals surface area contributed by atoms with Crippen molar-refractivity contribution in [3.8, 4) is 28.6 Å². The number of aromatic nitrogens is 5. The van der Waals surface area contributed by atoms with E-state index in [4.69, 9.17) is 32.7 Å². The second kappa shape index (κ2) is 11.0. The van der Waals surface area contributed by atoms with E-state index in [9.17, 15) is 13.5 Å². The zero-order chi connectivity index (χ0) is 27.6. The number of nitrogens with one attached hydrogen (secondary N) is 1. The molecule has 0 radical (unpaired) electrons. The highest BCUT2D eigenvalue weighted by molar-refractivity contribution is 7.93. The van der Waals surface area contributed by atoms with Crippen molar-refractivity contribution in [1.82, 2.24) is 24.7 Å². The summed E-state index contributed by atoms with van der Waals surface area (Å²) in [6.07, 6.45) is 2.13. The van der Waals surface area contributed by atoms with E-state index in [1.54, 1.807) is 24.5 Å². The van der Waals surface area contributed by atoms with Gasteiger partial charge < -0.3 is 14.6 Å². The molecule has 38 heavy (non-hydrogen) atoms. The number of phenols is 1. The summed E-state index contributed by atoms with van der Waals surface area (Å²) in [4.78, 5) is 8.41. The van der Waals surface area contributed by atoms with Crippen molar-refractivity contribution in [2.24, 2.45) is 0 Å². The smallest absolute Gasteiger partial charge is 0.243 e. The van der Waals surface area contributed by atoms with Crippen LogP contribution in [0.15, 0.2) is 36.7 Å². The van der Waals surface area contributed by atoms with Gasteiger partial charge >= 0.3 is 0 Å². The van der Waals surface area contributed by atoms with Crippen molar-refractivity contribution < 1.29 is 23.0 Å². The molecule has 2 heterocycles. The van der Waals surface area contributed by atoms with E-state index >= 15 is 0 Å². The molecular weight excluding hydrogens is 555 g/mol. The van der Waals surface area contributed by atoms with Crippen LogP contribution >= 0.6 is 23.2 Å². The molecule has 0 aliphatic rings. The molecule has 0 bridgehead atoms. The first-order chi connectivity index (χ1) is 18.1. The van der Waals surface area contributed by atoms with Crippen molar-refractivity contribution in [1.29, 1.82) is 0 Å². The first kappa shape index (κ1) is 27.4. The van der Waals surface area contributed by atoms with Crippen LogP contribution in [0.3, 0.4) is 0 Å². The molecule has 0 saturated carbocycles. The molecule has 2 aromatic carbocycles. The molecule has 0 amide bonds. The number of methoxy groups -OCH3 is 2. The molecular formula is C24H22Cl2N6O5S. The Hall–Kier alpha value is -3.63. The SMILES string of the molecule is COc1cccc(O)c1-n1c(NS(=O)(=O)[C@@H](C)[C@H](OC)c2ncc(C)cn2)nnc1-c1c#cc(Cl)cc1Cl. The number of phenolic OH excluding ortho intramolecular Hbond substituents is 1. The number of hydrogen-bond donors (Lipinski definition) is 2. The van der Waals surface area contributed by atoms with E-state index in [1.165, 1.54) is 37.8 Å². The number of halogens is 2. The number of hydrogen-bond acceptors (Lipinski definition) is 9. The number of aromatic hydroxyl groups is 1. The monoisotopic (exact) mass is 576 g/mol. The van der Waals surface area contributed by atoms with Crippen LogP contribution in [0.1, 0.15) is 24.4 Å². The maximum Gasteiger partial charge on any atom is 0.243 e. The average molecular weight is 577 g/mol. The zero-order valence-corrected chi connectivity index (χ0v) is 22.9. The van der Waals surface area contributed by atoms with Crippen LogP contribution in [-0.2, 0) is 14.8 Å². The standard InChI is InChI=1S/C24H22Cl2N6O5S/c1-13-11-27-22(28-12-13)21(37-4)14(2)38(34,35)31-24-30-29-23(16-9-8-15(25)10-17(16)26)32(24)20-18(33)6-5-7-19(20)36-3/h5-7,10-12,14,21,33H,1-4H3,(H,30,31)/t14-,21-/m0/s1. The van der Waals surface area contributed by atoms with E-state index in [0.717, 1.165) is 5.56 Å².